The van der Waals surface area contributed by atoms with E-state index in [1.165, 1.54) is 4.57 Å². The molecule has 4 rings (SSSR count). The molecule has 0 spiro atoms. The fourth-order valence-electron chi connectivity index (χ4n) is 4.21. The molecule has 0 aliphatic carbocycles. The van der Waals surface area contributed by atoms with Crippen LogP contribution in [0.5, 0.6) is 0 Å². The van der Waals surface area contributed by atoms with Crippen molar-refractivity contribution in [3.05, 3.63) is 69.6 Å². The molecule has 1 aliphatic heterocycles. The lowest BCUT2D eigenvalue weighted by Gasteiger charge is -2.30. The van der Waals surface area contributed by atoms with E-state index in [4.69, 9.17) is 11.5 Å². The van der Waals surface area contributed by atoms with Crippen molar-refractivity contribution in [2.24, 2.45) is 12.8 Å². The van der Waals surface area contributed by atoms with Crippen LogP contribution in [0, 0.1) is 6.92 Å². The number of likely N-dealkylation sites (tertiary alicyclic amines) is 1. The molecule has 0 atom stereocenters. The minimum Gasteiger partial charge on any atom is -0.398 e. The lowest BCUT2D eigenvalue weighted by atomic mass is 10.00. The predicted molar refractivity (Wildman–Crippen MR) is 133 cm³/mol. The average Bonchev–Trinajstić information content (AvgIpc) is 2.82. The quantitative estimate of drug-likeness (QED) is 0.409. The standard InChI is InChI=1S/C25H28N6O4/c1-14-17(4-3-5-18(14)22(27)33)21-13-30(2)25(35)23(29-21)28-15-6-7-19(20(26)12-15)24(34)31-10-8-16(32)9-11-31/h3-7,12-13,16,32H,8-11,26H2,1-2H3,(H2,27,33)(H,28,29). The number of nitrogens with one attached hydrogen (secondary N) is 1. The maximum atomic E-state index is 12.8. The second-order valence-electron chi connectivity index (χ2n) is 8.68. The van der Waals surface area contributed by atoms with Crippen molar-refractivity contribution in [1.82, 2.24) is 14.5 Å². The van der Waals surface area contributed by atoms with Crippen LogP contribution in [-0.4, -0.2) is 50.6 Å². The Labute approximate surface area is 202 Å². The van der Waals surface area contributed by atoms with Crippen molar-refractivity contribution in [2.75, 3.05) is 24.1 Å². The molecule has 3 aromatic rings. The maximum Gasteiger partial charge on any atom is 0.293 e. The molecule has 1 fully saturated rings. The Bertz CT molecular complexity index is 1360. The number of piperidine rings is 1. The number of hydrogen-bond acceptors (Lipinski definition) is 7. The first kappa shape index (κ1) is 24.0. The predicted octanol–water partition coefficient (Wildman–Crippen LogP) is 1.78. The third-order valence-corrected chi connectivity index (χ3v) is 6.24. The van der Waals surface area contributed by atoms with Crippen molar-refractivity contribution in [3.8, 4) is 11.3 Å². The third-order valence-electron chi connectivity index (χ3n) is 6.24. The number of anilines is 3. The number of carbonyl (C=O) groups excluding carboxylic acids is 2. The number of aromatic nitrogens is 2. The Hall–Kier alpha value is -4.18. The van der Waals surface area contributed by atoms with Gasteiger partial charge in [0.05, 0.1) is 17.4 Å². The van der Waals surface area contributed by atoms with Crippen LogP contribution in [0.1, 0.15) is 39.1 Å². The van der Waals surface area contributed by atoms with Crippen molar-refractivity contribution in [1.29, 1.82) is 0 Å². The summed E-state index contributed by atoms with van der Waals surface area (Å²) >= 11 is 0. The van der Waals surface area contributed by atoms with Crippen molar-refractivity contribution in [3.63, 3.8) is 0 Å². The zero-order valence-corrected chi connectivity index (χ0v) is 19.6. The number of hydrogen-bond donors (Lipinski definition) is 4. The summed E-state index contributed by atoms with van der Waals surface area (Å²) in [6.07, 6.45) is 2.29. The molecule has 10 nitrogen and oxygen atoms in total. The van der Waals surface area contributed by atoms with Gasteiger partial charge in [-0.3, -0.25) is 14.4 Å². The van der Waals surface area contributed by atoms with E-state index in [9.17, 15) is 19.5 Å². The second-order valence-corrected chi connectivity index (χ2v) is 8.68. The van der Waals surface area contributed by atoms with E-state index in [1.54, 1.807) is 61.5 Å². The summed E-state index contributed by atoms with van der Waals surface area (Å²) in [6, 6.07) is 10.0. The largest absolute Gasteiger partial charge is 0.398 e. The lowest BCUT2D eigenvalue weighted by molar-refractivity contribution is 0.0547. The Morgan fingerprint density at radius 3 is 2.51 bits per heavy atom. The van der Waals surface area contributed by atoms with E-state index >= 15 is 0 Å². The zero-order chi connectivity index (χ0) is 25.3. The number of amides is 2. The monoisotopic (exact) mass is 476 g/mol. The van der Waals surface area contributed by atoms with Crippen LogP contribution < -0.4 is 22.3 Å². The first-order valence-corrected chi connectivity index (χ1v) is 11.3. The minimum absolute atomic E-state index is 0.0670. The number of benzene rings is 2. The van der Waals surface area contributed by atoms with E-state index in [1.807, 2.05) is 0 Å². The van der Waals surface area contributed by atoms with Gasteiger partial charge in [0.1, 0.15) is 0 Å². The third kappa shape index (κ3) is 4.87. The van der Waals surface area contributed by atoms with Crippen LogP contribution in [0.4, 0.5) is 17.2 Å². The average molecular weight is 477 g/mol. The number of aliphatic hydroxyl groups excluding tert-OH is 1. The molecular weight excluding hydrogens is 448 g/mol. The summed E-state index contributed by atoms with van der Waals surface area (Å²) in [5.41, 5.74) is 14.6. The van der Waals surface area contributed by atoms with Gasteiger partial charge in [0, 0.05) is 48.8 Å². The van der Waals surface area contributed by atoms with E-state index in [-0.39, 0.29) is 29.1 Å². The van der Waals surface area contributed by atoms with Crippen LogP contribution in [0.2, 0.25) is 0 Å². The highest BCUT2D eigenvalue weighted by Crippen LogP contribution is 2.26. The fourth-order valence-corrected chi connectivity index (χ4v) is 4.21. The Balaban J connectivity index is 1.63. The summed E-state index contributed by atoms with van der Waals surface area (Å²) < 4.78 is 1.40. The van der Waals surface area contributed by atoms with Crippen molar-refractivity contribution in [2.45, 2.75) is 25.9 Å². The van der Waals surface area contributed by atoms with Gasteiger partial charge in [-0.2, -0.15) is 0 Å². The van der Waals surface area contributed by atoms with Gasteiger partial charge in [-0.1, -0.05) is 12.1 Å². The van der Waals surface area contributed by atoms with Crippen molar-refractivity contribution >= 4 is 29.0 Å². The van der Waals surface area contributed by atoms with Gasteiger partial charge < -0.3 is 31.4 Å². The van der Waals surface area contributed by atoms with Crippen molar-refractivity contribution < 1.29 is 14.7 Å². The SMILES string of the molecule is Cc1c(C(N)=O)cccc1-c1cn(C)c(=O)c(Nc2ccc(C(=O)N3CCC(O)CC3)c(N)c2)n1. The van der Waals surface area contributed by atoms with Crippen LogP contribution >= 0.6 is 0 Å². The number of primary amides is 1. The molecule has 35 heavy (non-hydrogen) atoms. The summed E-state index contributed by atoms with van der Waals surface area (Å²) in [6.45, 7) is 2.72. The lowest BCUT2D eigenvalue weighted by Crippen LogP contribution is -2.40. The molecule has 0 radical (unpaired) electrons. The molecule has 10 heteroatoms. The molecule has 1 aliphatic rings. The number of carbonyl (C=O) groups is 2. The van der Waals surface area contributed by atoms with E-state index in [0.717, 1.165) is 0 Å². The van der Waals surface area contributed by atoms with Crippen LogP contribution in [0.25, 0.3) is 11.3 Å². The van der Waals surface area contributed by atoms with E-state index < -0.39 is 5.91 Å². The summed E-state index contributed by atoms with van der Waals surface area (Å²) in [5, 5.41) is 12.7. The highest BCUT2D eigenvalue weighted by Gasteiger charge is 2.24. The zero-order valence-electron chi connectivity index (χ0n) is 19.6. The summed E-state index contributed by atoms with van der Waals surface area (Å²) in [5.74, 6) is -0.669. The fraction of sp³-hybridized carbons (Fsp3) is 0.280. The molecule has 0 bridgehead atoms. The molecule has 2 heterocycles. The number of nitrogen functional groups attached to an aromatic ring is 1. The maximum absolute atomic E-state index is 12.8. The number of nitrogens with two attached hydrogens (primary N) is 2. The number of aryl methyl sites for hydroxylation is 1. The van der Waals surface area contributed by atoms with E-state index in [0.29, 0.717) is 59.6 Å². The normalized spacial score (nSPS) is 14.1. The Morgan fingerprint density at radius 2 is 1.86 bits per heavy atom. The number of aliphatic hydroxyl groups is 1. The second kappa shape index (κ2) is 9.59. The van der Waals surface area contributed by atoms with Crippen LogP contribution in [0.3, 0.4) is 0 Å². The van der Waals surface area contributed by atoms with Gasteiger partial charge in [-0.25, -0.2) is 4.98 Å². The highest BCUT2D eigenvalue weighted by molar-refractivity contribution is 6.00. The van der Waals surface area contributed by atoms with Gasteiger partial charge in [0.25, 0.3) is 11.5 Å². The number of rotatable bonds is 5. The van der Waals surface area contributed by atoms with Gasteiger partial charge in [0.2, 0.25) is 5.91 Å². The Kier molecular flexibility index (Phi) is 6.57. The molecule has 2 aromatic carbocycles. The van der Waals surface area contributed by atoms with Gasteiger partial charge in [-0.15, -0.1) is 0 Å². The smallest absolute Gasteiger partial charge is 0.293 e. The molecule has 1 aromatic heterocycles. The minimum atomic E-state index is -0.543. The van der Waals surface area contributed by atoms with Gasteiger partial charge in [0.15, 0.2) is 5.82 Å². The molecule has 6 N–H and O–H groups in total. The highest BCUT2D eigenvalue weighted by atomic mass is 16.3. The van der Waals surface area contributed by atoms with Crippen LogP contribution in [-0.2, 0) is 7.05 Å². The van der Waals surface area contributed by atoms with Crippen LogP contribution in [0.15, 0.2) is 47.4 Å². The summed E-state index contributed by atoms with van der Waals surface area (Å²) in [7, 11) is 1.61. The summed E-state index contributed by atoms with van der Waals surface area (Å²) in [4.78, 5) is 43.5. The molecule has 182 valence electrons. The molecule has 1 saturated heterocycles. The van der Waals surface area contributed by atoms with E-state index in [2.05, 4.69) is 10.3 Å². The molecule has 2 amide bonds. The first-order chi connectivity index (χ1) is 16.7. The first-order valence-electron chi connectivity index (χ1n) is 11.3. The molecular formula is C25H28N6O4. The molecule has 0 saturated carbocycles. The number of nitrogens with zero attached hydrogens (tertiary/aromatic N) is 3. The van der Waals surface area contributed by atoms with Gasteiger partial charge >= 0.3 is 0 Å². The topological polar surface area (TPSA) is 157 Å². The van der Waals surface area contributed by atoms with Gasteiger partial charge in [-0.05, 0) is 49.6 Å². The Morgan fingerprint density at radius 1 is 1.14 bits per heavy atom. The molecule has 0 unspecified atom stereocenters.